The van der Waals surface area contributed by atoms with Gasteiger partial charge in [-0.3, -0.25) is 19.3 Å². The van der Waals surface area contributed by atoms with E-state index in [1.54, 1.807) is 29.2 Å². The minimum atomic E-state index is -0.575. The molecular formula is C26H18N6O. The molecule has 6 rings (SSSR count). The number of nitrogens with zero attached hydrogens (tertiary/aromatic N) is 5. The standard InChI is InChI=1S/C26H18N6O/c33-26-23(17-8-7-14-27-16-17)29-20-11-3-4-13-22(20)32(26)24(21-12-5-6-15-28-21)25-30-18-9-1-2-10-19(18)31-25/h1-16,24H,(H,30,31). The summed E-state index contributed by atoms with van der Waals surface area (Å²) >= 11 is 0. The molecule has 7 heteroatoms. The Bertz CT molecular complexity index is 1610. The van der Waals surface area contributed by atoms with Gasteiger partial charge >= 0.3 is 0 Å². The van der Waals surface area contributed by atoms with E-state index in [1.165, 1.54) is 0 Å². The maximum atomic E-state index is 14.0. The van der Waals surface area contributed by atoms with Gasteiger partial charge in [0.05, 0.1) is 27.8 Å². The van der Waals surface area contributed by atoms with Crippen molar-refractivity contribution in [2.75, 3.05) is 0 Å². The maximum Gasteiger partial charge on any atom is 0.278 e. The van der Waals surface area contributed by atoms with Crippen LogP contribution in [0.15, 0.2) is 102 Å². The van der Waals surface area contributed by atoms with Crippen LogP contribution in [0.1, 0.15) is 17.6 Å². The summed E-state index contributed by atoms with van der Waals surface area (Å²) in [4.78, 5) is 35.7. The van der Waals surface area contributed by atoms with E-state index in [4.69, 9.17) is 9.97 Å². The lowest BCUT2D eigenvalue weighted by molar-refractivity contribution is 0.626. The van der Waals surface area contributed by atoms with Gasteiger partial charge in [0.2, 0.25) is 0 Å². The van der Waals surface area contributed by atoms with Crippen molar-refractivity contribution in [3.05, 3.63) is 119 Å². The third kappa shape index (κ3) is 3.27. The number of H-pyrrole nitrogens is 1. The smallest absolute Gasteiger partial charge is 0.278 e. The van der Waals surface area contributed by atoms with E-state index in [2.05, 4.69) is 15.0 Å². The summed E-state index contributed by atoms with van der Waals surface area (Å²) < 4.78 is 1.73. The predicted octanol–water partition coefficient (Wildman–Crippen LogP) is 4.37. The summed E-state index contributed by atoms with van der Waals surface area (Å²) in [6.45, 7) is 0. The van der Waals surface area contributed by atoms with E-state index < -0.39 is 6.04 Å². The number of nitrogens with one attached hydrogen (secondary N) is 1. The van der Waals surface area contributed by atoms with E-state index in [0.717, 1.165) is 11.0 Å². The number of aromatic amines is 1. The zero-order valence-electron chi connectivity index (χ0n) is 17.5. The fourth-order valence-corrected chi connectivity index (χ4v) is 4.14. The summed E-state index contributed by atoms with van der Waals surface area (Å²) in [6.07, 6.45) is 5.05. The molecular weight excluding hydrogens is 412 g/mol. The summed E-state index contributed by atoms with van der Waals surface area (Å²) in [5.41, 5.74) is 4.58. The second kappa shape index (κ2) is 7.80. The fraction of sp³-hybridized carbons (Fsp3) is 0.0385. The molecule has 4 heterocycles. The summed E-state index contributed by atoms with van der Waals surface area (Å²) in [5.74, 6) is 0.630. The molecule has 0 aliphatic rings. The number of pyridine rings is 2. The van der Waals surface area contributed by atoms with Crippen molar-refractivity contribution < 1.29 is 0 Å². The number of aromatic nitrogens is 6. The van der Waals surface area contributed by atoms with Gasteiger partial charge in [0.1, 0.15) is 17.6 Å². The Morgan fingerprint density at radius 2 is 1.61 bits per heavy atom. The van der Waals surface area contributed by atoms with Crippen LogP contribution in [0.4, 0.5) is 0 Å². The number of hydrogen-bond acceptors (Lipinski definition) is 5. The van der Waals surface area contributed by atoms with Crippen LogP contribution in [-0.4, -0.2) is 29.5 Å². The molecule has 0 amide bonds. The molecule has 158 valence electrons. The van der Waals surface area contributed by atoms with E-state index in [1.807, 2.05) is 72.8 Å². The predicted molar refractivity (Wildman–Crippen MR) is 127 cm³/mol. The average molecular weight is 430 g/mol. The highest BCUT2D eigenvalue weighted by Gasteiger charge is 2.26. The molecule has 0 saturated carbocycles. The van der Waals surface area contributed by atoms with Crippen molar-refractivity contribution in [3.8, 4) is 11.3 Å². The Balaban J connectivity index is 1.71. The van der Waals surface area contributed by atoms with Crippen LogP contribution in [0.3, 0.4) is 0 Å². The Hall–Kier alpha value is -4.65. The normalized spacial score (nSPS) is 12.2. The van der Waals surface area contributed by atoms with Crippen LogP contribution < -0.4 is 5.56 Å². The average Bonchev–Trinajstić information content (AvgIpc) is 3.30. The van der Waals surface area contributed by atoms with Gasteiger partial charge in [0, 0.05) is 24.2 Å². The molecule has 0 aliphatic carbocycles. The molecule has 6 aromatic rings. The van der Waals surface area contributed by atoms with Gasteiger partial charge in [-0.25, -0.2) is 9.97 Å². The van der Waals surface area contributed by atoms with Crippen molar-refractivity contribution >= 4 is 22.1 Å². The second-order valence-electron chi connectivity index (χ2n) is 7.66. The van der Waals surface area contributed by atoms with Crippen molar-refractivity contribution in [1.82, 2.24) is 29.5 Å². The summed E-state index contributed by atoms with van der Waals surface area (Å²) in [7, 11) is 0. The van der Waals surface area contributed by atoms with Crippen LogP contribution in [0.2, 0.25) is 0 Å². The van der Waals surface area contributed by atoms with Crippen molar-refractivity contribution in [2.45, 2.75) is 6.04 Å². The SMILES string of the molecule is O=c1c(-c2cccnc2)nc2ccccc2n1C(c1ccccn1)c1nc2ccccc2[nH]1. The third-order valence-corrected chi connectivity index (χ3v) is 5.62. The Morgan fingerprint density at radius 1 is 0.788 bits per heavy atom. The maximum absolute atomic E-state index is 14.0. The molecule has 0 aliphatic heterocycles. The Labute approximate surface area is 188 Å². The molecule has 7 nitrogen and oxygen atoms in total. The molecule has 0 bridgehead atoms. The number of para-hydroxylation sites is 4. The lowest BCUT2D eigenvalue weighted by Crippen LogP contribution is -2.30. The minimum absolute atomic E-state index is 0.238. The minimum Gasteiger partial charge on any atom is -0.340 e. The summed E-state index contributed by atoms with van der Waals surface area (Å²) in [6, 6.07) is 24.2. The highest BCUT2D eigenvalue weighted by molar-refractivity contribution is 5.79. The number of fused-ring (bicyclic) bond motifs is 2. The van der Waals surface area contributed by atoms with Crippen molar-refractivity contribution in [1.29, 1.82) is 0 Å². The monoisotopic (exact) mass is 430 g/mol. The van der Waals surface area contributed by atoms with Crippen LogP contribution in [0, 0.1) is 0 Å². The third-order valence-electron chi connectivity index (χ3n) is 5.62. The number of benzene rings is 2. The molecule has 1 atom stereocenters. The molecule has 33 heavy (non-hydrogen) atoms. The zero-order valence-corrected chi connectivity index (χ0v) is 17.5. The molecule has 0 saturated heterocycles. The van der Waals surface area contributed by atoms with Crippen molar-refractivity contribution in [2.24, 2.45) is 0 Å². The Morgan fingerprint density at radius 3 is 2.39 bits per heavy atom. The van der Waals surface area contributed by atoms with Crippen LogP contribution in [-0.2, 0) is 0 Å². The van der Waals surface area contributed by atoms with Crippen LogP contribution in [0.25, 0.3) is 33.3 Å². The molecule has 2 aromatic carbocycles. The van der Waals surface area contributed by atoms with Gasteiger partial charge in [-0.05, 0) is 48.5 Å². The zero-order chi connectivity index (χ0) is 22.2. The molecule has 4 aromatic heterocycles. The van der Waals surface area contributed by atoms with Gasteiger partial charge in [-0.15, -0.1) is 0 Å². The number of rotatable bonds is 4. The van der Waals surface area contributed by atoms with Crippen molar-refractivity contribution in [3.63, 3.8) is 0 Å². The van der Waals surface area contributed by atoms with E-state index >= 15 is 0 Å². The summed E-state index contributed by atoms with van der Waals surface area (Å²) in [5, 5.41) is 0. The molecule has 1 unspecified atom stereocenters. The van der Waals surface area contributed by atoms with Crippen LogP contribution >= 0.6 is 0 Å². The first-order valence-corrected chi connectivity index (χ1v) is 10.6. The highest BCUT2D eigenvalue weighted by atomic mass is 16.1. The molecule has 0 spiro atoms. The van der Waals surface area contributed by atoms with Gasteiger partial charge in [0.15, 0.2) is 0 Å². The van der Waals surface area contributed by atoms with Gasteiger partial charge in [-0.2, -0.15) is 0 Å². The van der Waals surface area contributed by atoms with E-state index in [9.17, 15) is 4.79 Å². The first-order valence-electron chi connectivity index (χ1n) is 10.6. The van der Waals surface area contributed by atoms with Gasteiger partial charge in [0.25, 0.3) is 5.56 Å². The van der Waals surface area contributed by atoms with E-state index in [-0.39, 0.29) is 5.56 Å². The molecule has 1 N–H and O–H groups in total. The first-order chi connectivity index (χ1) is 16.3. The molecule has 0 fully saturated rings. The quantitative estimate of drug-likeness (QED) is 0.449. The van der Waals surface area contributed by atoms with Gasteiger partial charge < -0.3 is 4.98 Å². The number of imidazole rings is 1. The van der Waals surface area contributed by atoms with E-state index in [0.29, 0.717) is 33.8 Å². The Kier molecular flexibility index (Phi) is 4.51. The lowest BCUT2D eigenvalue weighted by atomic mass is 10.1. The first kappa shape index (κ1) is 19.1. The van der Waals surface area contributed by atoms with Crippen LogP contribution in [0.5, 0.6) is 0 Å². The molecule has 0 radical (unpaired) electrons. The van der Waals surface area contributed by atoms with Gasteiger partial charge in [-0.1, -0.05) is 30.3 Å². The number of hydrogen-bond donors (Lipinski definition) is 1. The second-order valence-corrected chi connectivity index (χ2v) is 7.66. The lowest BCUT2D eigenvalue weighted by Gasteiger charge is -2.21. The largest absolute Gasteiger partial charge is 0.340 e. The topological polar surface area (TPSA) is 89.3 Å². The fourth-order valence-electron chi connectivity index (χ4n) is 4.14. The highest BCUT2D eigenvalue weighted by Crippen LogP contribution is 2.28.